The van der Waals surface area contributed by atoms with Crippen molar-refractivity contribution in [2.75, 3.05) is 49.2 Å². The van der Waals surface area contributed by atoms with Crippen LogP contribution in [0.3, 0.4) is 0 Å². The summed E-state index contributed by atoms with van der Waals surface area (Å²) in [6.07, 6.45) is -1.27. The molecule has 35 heavy (non-hydrogen) atoms. The number of amides is 2. The number of fused-ring (bicyclic) bond motifs is 1. The van der Waals surface area contributed by atoms with Gasteiger partial charge in [-0.3, -0.25) is 9.69 Å². The van der Waals surface area contributed by atoms with Gasteiger partial charge in [-0.05, 0) is 51.5 Å². The molecule has 2 amide bonds. The molecule has 2 aromatic rings. The van der Waals surface area contributed by atoms with Gasteiger partial charge in [0, 0.05) is 37.3 Å². The average Bonchev–Trinajstić information content (AvgIpc) is 3.06. The number of ether oxygens (including phenoxy) is 2. The minimum absolute atomic E-state index is 0.179. The van der Waals surface area contributed by atoms with E-state index in [4.69, 9.17) is 9.47 Å². The summed E-state index contributed by atoms with van der Waals surface area (Å²) < 4.78 is 26.0. The Morgan fingerprint density at radius 1 is 1.20 bits per heavy atom. The van der Waals surface area contributed by atoms with Crippen molar-refractivity contribution < 1.29 is 28.6 Å². The average molecular weight is 486 g/mol. The molecule has 0 radical (unpaired) electrons. The van der Waals surface area contributed by atoms with Gasteiger partial charge in [0.15, 0.2) is 6.23 Å². The van der Waals surface area contributed by atoms with Gasteiger partial charge < -0.3 is 24.4 Å². The lowest BCUT2D eigenvalue weighted by atomic mass is 10.1. The van der Waals surface area contributed by atoms with Crippen molar-refractivity contribution in [3.63, 3.8) is 0 Å². The summed E-state index contributed by atoms with van der Waals surface area (Å²) in [6, 6.07) is 11.6. The van der Waals surface area contributed by atoms with Crippen molar-refractivity contribution in [3.8, 4) is 0 Å². The second kappa shape index (κ2) is 10.2. The molecule has 0 aromatic heterocycles. The van der Waals surface area contributed by atoms with E-state index in [1.165, 1.54) is 15.9 Å². The summed E-state index contributed by atoms with van der Waals surface area (Å²) in [5.41, 5.74) is 1.15. The van der Waals surface area contributed by atoms with Crippen LogP contribution in [0.2, 0.25) is 0 Å². The molecule has 1 N–H and O–H groups in total. The highest BCUT2D eigenvalue weighted by Crippen LogP contribution is 2.32. The standard InChI is InChI=1S/C26H32FN3O5/c1-26(2,3)35-25(33)29(18-9-10-22(21(27)17-18)28-13-15-34-16-14-28)11-6-12-30-23(31)19-7-4-5-8-20(19)24(30)32/h4-5,7-10,17,23,31H,6,11-16H2,1-3H3. The van der Waals surface area contributed by atoms with Gasteiger partial charge in [0.1, 0.15) is 11.4 Å². The Hall–Kier alpha value is -3.17. The van der Waals surface area contributed by atoms with Gasteiger partial charge in [-0.1, -0.05) is 18.2 Å². The van der Waals surface area contributed by atoms with Crippen molar-refractivity contribution in [1.29, 1.82) is 0 Å². The van der Waals surface area contributed by atoms with E-state index >= 15 is 4.39 Å². The van der Waals surface area contributed by atoms with Gasteiger partial charge >= 0.3 is 6.09 Å². The van der Waals surface area contributed by atoms with Crippen LogP contribution in [0.15, 0.2) is 42.5 Å². The third kappa shape index (κ3) is 5.57. The second-order valence-corrected chi connectivity index (χ2v) is 9.68. The van der Waals surface area contributed by atoms with E-state index in [1.54, 1.807) is 57.2 Å². The van der Waals surface area contributed by atoms with Crippen molar-refractivity contribution >= 4 is 23.4 Å². The lowest BCUT2D eigenvalue weighted by molar-refractivity contribution is 0.0174. The lowest BCUT2D eigenvalue weighted by Gasteiger charge is -2.31. The first-order valence-corrected chi connectivity index (χ1v) is 11.9. The number of morpholine rings is 1. The molecular weight excluding hydrogens is 453 g/mol. The van der Waals surface area contributed by atoms with Crippen LogP contribution >= 0.6 is 0 Å². The molecule has 4 rings (SSSR count). The van der Waals surface area contributed by atoms with Crippen LogP contribution in [-0.4, -0.2) is 67.0 Å². The Kier molecular flexibility index (Phi) is 7.28. The third-order valence-electron chi connectivity index (χ3n) is 6.01. The summed E-state index contributed by atoms with van der Waals surface area (Å²) in [7, 11) is 0. The molecule has 2 aromatic carbocycles. The Labute approximate surface area is 204 Å². The van der Waals surface area contributed by atoms with Crippen LogP contribution in [-0.2, 0) is 9.47 Å². The number of anilines is 2. The maximum Gasteiger partial charge on any atom is 0.414 e. The number of rotatable bonds is 6. The highest BCUT2D eigenvalue weighted by molar-refractivity contribution is 5.98. The van der Waals surface area contributed by atoms with Gasteiger partial charge in [-0.15, -0.1) is 0 Å². The van der Waals surface area contributed by atoms with E-state index < -0.39 is 23.7 Å². The highest BCUT2D eigenvalue weighted by Gasteiger charge is 2.35. The van der Waals surface area contributed by atoms with Crippen LogP contribution in [0.25, 0.3) is 0 Å². The molecule has 1 unspecified atom stereocenters. The highest BCUT2D eigenvalue weighted by atomic mass is 19.1. The molecule has 9 heteroatoms. The van der Waals surface area contributed by atoms with Gasteiger partial charge in [0.25, 0.3) is 5.91 Å². The number of carbonyl (C=O) groups excluding carboxylic acids is 2. The third-order valence-corrected chi connectivity index (χ3v) is 6.01. The largest absolute Gasteiger partial charge is 0.443 e. The Morgan fingerprint density at radius 2 is 1.91 bits per heavy atom. The van der Waals surface area contributed by atoms with Crippen molar-refractivity contribution in [1.82, 2.24) is 4.90 Å². The summed E-state index contributed by atoms with van der Waals surface area (Å²) in [5.74, 6) is -0.684. The molecule has 2 aliphatic heterocycles. The van der Waals surface area contributed by atoms with Gasteiger partial charge in [-0.2, -0.15) is 0 Å². The fourth-order valence-electron chi connectivity index (χ4n) is 4.34. The molecule has 2 aliphatic rings. The first kappa shape index (κ1) is 24.9. The zero-order chi connectivity index (χ0) is 25.2. The van der Waals surface area contributed by atoms with E-state index in [1.807, 2.05) is 4.90 Å². The molecular formula is C26H32FN3O5. The Balaban J connectivity index is 1.49. The van der Waals surface area contributed by atoms with Crippen LogP contribution in [0, 0.1) is 5.82 Å². The molecule has 1 fully saturated rings. The maximum atomic E-state index is 15.1. The van der Waals surface area contributed by atoms with Crippen LogP contribution in [0.1, 0.15) is 49.3 Å². The molecule has 1 atom stereocenters. The quantitative estimate of drug-likeness (QED) is 0.668. The van der Waals surface area contributed by atoms with E-state index in [2.05, 4.69) is 0 Å². The monoisotopic (exact) mass is 485 g/mol. The topological polar surface area (TPSA) is 82.5 Å². The van der Waals surface area contributed by atoms with E-state index in [-0.39, 0.29) is 19.0 Å². The molecule has 8 nitrogen and oxygen atoms in total. The maximum absolute atomic E-state index is 15.1. The van der Waals surface area contributed by atoms with Gasteiger partial charge in [0.2, 0.25) is 0 Å². The number of halogens is 1. The summed E-state index contributed by atoms with van der Waals surface area (Å²) in [5, 5.41) is 10.6. The van der Waals surface area contributed by atoms with E-state index in [0.29, 0.717) is 55.2 Å². The molecule has 0 spiro atoms. The minimum Gasteiger partial charge on any atom is -0.443 e. The number of aliphatic hydroxyl groups excluding tert-OH is 1. The first-order valence-electron chi connectivity index (χ1n) is 11.9. The fraction of sp³-hybridized carbons (Fsp3) is 0.462. The molecule has 188 valence electrons. The molecule has 0 aliphatic carbocycles. The van der Waals surface area contributed by atoms with E-state index in [9.17, 15) is 14.7 Å². The Morgan fingerprint density at radius 3 is 2.57 bits per heavy atom. The Bertz CT molecular complexity index is 1080. The fourth-order valence-corrected chi connectivity index (χ4v) is 4.34. The zero-order valence-corrected chi connectivity index (χ0v) is 20.4. The molecule has 0 bridgehead atoms. The number of nitrogens with zero attached hydrogens (tertiary/aromatic N) is 3. The molecule has 1 saturated heterocycles. The lowest BCUT2D eigenvalue weighted by Crippen LogP contribution is -2.39. The summed E-state index contributed by atoms with van der Waals surface area (Å²) in [6.45, 7) is 7.97. The smallest absolute Gasteiger partial charge is 0.414 e. The van der Waals surface area contributed by atoms with Gasteiger partial charge in [0.05, 0.1) is 24.6 Å². The van der Waals surface area contributed by atoms with Crippen LogP contribution < -0.4 is 9.80 Å². The van der Waals surface area contributed by atoms with E-state index in [0.717, 1.165) is 0 Å². The van der Waals surface area contributed by atoms with Crippen molar-refractivity contribution in [3.05, 3.63) is 59.4 Å². The number of hydrogen-bond acceptors (Lipinski definition) is 6. The van der Waals surface area contributed by atoms with Crippen LogP contribution in [0.5, 0.6) is 0 Å². The second-order valence-electron chi connectivity index (χ2n) is 9.68. The first-order chi connectivity index (χ1) is 16.7. The van der Waals surface area contributed by atoms with Crippen molar-refractivity contribution in [2.45, 2.75) is 39.0 Å². The predicted molar refractivity (Wildman–Crippen MR) is 130 cm³/mol. The number of carbonyl (C=O) groups is 2. The zero-order valence-electron chi connectivity index (χ0n) is 20.4. The van der Waals surface area contributed by atoms with Crippen LogP contribution in [0.4, 0.5) is 20.6 Å². The predicted octanol–water partition coefficient (Wildman–Crippen LogP) is 3.94. The number of aliphatic hydroxyl groups is 1. The minimum atomic E-state index is -1.03. The normalized spacial score (nSPS) is 18.0. The molecule has 0 saturated carbocycles. The molecule has 2 heterocycles. The summed E-state index contributed by atoms with van der Waals surface area (Å²) >= 11 is 0. The number of hydrogen-bond donors (Lipinski definition) is 1. The summed E-state index contributed by atoms with van der Waals surface area (Å²) in [4.78, 5) is 30.4. The SMILES string of the molecule is CC(C)(C)OC(=O)N(CCCN1C(=O)c2ccccc2C1O)c1ccc(N2CCOCC2)c(F)c1. The van der Waals surface area contributed by atoms with Gasteiger partial charge in [-0.25, -0.2) is 9.18 Å². The van der Waals surface area contributed by atoms with Crippen molar-refractivity contribution in [2.24, 2.45) is 0 Å². The number of benzene rings is 2.